The smallest absolute Gasteiger partial charge is 0.229 e. The van der Waals surface area contributed by atoms with E-state index < -0.39 is 27.6 Å². The fraction of sp³-hybridized carbons (Fsp3) is 1.00. The van der Waals surface area contributed by atoms with Crippen LogP contribution in [0.1, 0.15) is 13.8 Å². The lowest BCUT2D eigenvalue weighted by Gasteiger charge is -2.21. The Morgan fingerprint density at radius 3 is 1.91 bits per heavy atom. The van der Waals surface area contributed by atoms with Gasteiger partial charge in [-0.2, -0.15) is 0 Å². The minimum Gasteiger partial charge on any atom is -0.229 e. The minimum absolute atomic E-state index is 0.697. The Morgan fingerprint density at radius 2 is 1.82 bits per heavy atom. The summed E-state index contributed by atoms with van der Waals surface area (Å²) in [6.45, 7) is 2.31. The fourth-order valence-electron chi connectivity index (χ4n) is 0.582. The van der Waals surface area contributed by atoms with Crippen molar-refractivity contribution < 1.29 is 17.2 Å². The number of alkyl halides is 2. The molecule has 0 amide bonds. The molecule has 0 atom stereocenters. The molecule has 0 aromatic heterocycles. The number of rotatable bonds is 3. The molecule has 0 rings (SSSR count). The number of halogens is 2. The van der Waals surface area contributed by atoms with E-state index in [-0.39, 0.29) is 0 Å². The first-order valence-corrected chi connectivity index (χ1v) is 4.65. The van der Waals surface area contributed by atoms with Crippen LogP contribution in [-0.4, -0.2) is 20.6 Å². The van der Waals surface area contributed by atoms with E-state index in [1.54, 1.807) is 0 Å². The van der Waals surface area contributed by atoms with Crippen LogP contribution in [0.3, 0.4) is 0 Å². The second-order valence-electron chi connectivity index (χ2n) is 3.10. The van der Waals surface area contributed by atoms with Crippen molar-refractivity contribution in [1.82, 2.24) is 0 Å². The molecule has 6 heteroatoms. The summed E-state index contributed by atoms with van der Waals surface area (Å²) in [4.78, 5) is 0. The Labute approximate surface area is 64.6 Å². The summed E-state index contributed by atoms with van der Waals surface area (Å²) < 4.78 is 44.8. The maximum Gasteiger partial charge on any atom is 0.244 e. The van der Waals surface area contributed by atoms with Gasteiger partial charge in [0.15, 0.2) is 0 Å². The van der Waals surface area contributed by atoms with Crippen molar-refractivity contribution in [1.29, 1.82) is 0 Å². The SMILES string of the molecule is CC(C)(CS(N)(=O)=O)C(F)F. The lowest BCUT2D eigenvalue weighted by molar-refractivity contribution is 0.0345. The summed E-state index contributed by atoms with van der Waals surface area (Å²) in [6, 6.07) is 0. The Hall–Kier alpha value is -0.230. The molecule has 2 N–H and O–H groups in total. The molecule has 68 valence electrons. The van der Waals surface area contributed by atoms with Crippen molar-refractivity contribution >= 4 is 10.0 Å². The van der Waals surface area contributed by atoms with Gasteiger partial charge < -0.3 is 0 Å². The normalized spacial score (nSPS) is 14.0. The zero-order valence-corrected chi connectivity index (χ0v) is 7.16. The summed E-state index contributed by atoms with van der Waals surface area (Å²) in [5.74, 6) is -0.697. The van der Waals surface area contributed by atoms with Crippen molar-refractivity contribution in [3.8, 4) is 0 Å². The molecule has 0 saturated heterocycles. The van der Waals surface area contributed by atoms with E-state index in [2.05, 4.69) is 5.14 Å². The molecule has 0 saturated carbocycles. The third-order valence-electron chi connectivity index (χ3n) is 1.16. The van der Waals surface area contributed by atoms with E-state index in [0.717, 1.165) is 13.8 Å². The van der Waals surface area contributed by atoms with Gasteiger partial charge >= 0.3 is 0 Å². The molecular formula is C5H11F2NO2S. The molecule has 0 aliphatic rings. The zero-order chi connectivity index (χ0) is 9.28. The average molecular weight is 187 g/mol. The first-order chi connectivity index (χ1) is 4.65. The van der Waals surface area contributed by atoms with Gasteiger partial charge in [0.1, 0.15) is 0 Å². The molecule has 0 aromatic carbocycles. The molecule has 0 fully saturated rings. The Morgan fingerprint density at radius 1 is 1.45 bits per heavy atom. The van der Waals surface area contributed by atoms with Gasteiger partial charge in [-0.25, -0.2) is 22.3 Å². The van der Waals surface area contributed by atoms with Gasteiger partial charge in [0.05, 0.1) is 5.75 Å². The molecule has 0 aliphatic heterocycles. The molecule has 0 aliphatic carbocycles. The van der Waals surface area contributed by atoms with E-state index >= 15 is 0 Å². The Balaban J connectivity index is 4.38. The number of hydrogen-bond donors (Lipinski definition) is 1. The molecule has 0 aromatic rings. The molecule has 3 nitrogen and oxygen atoms in total. The van der Waals surface area contributed by atoms with Crippen LogP contribution < -0.4 is 5.14 Å². The molecule has 11 heavy (non-hydrogen) atoms. The third kappa shape index (κ3) is 4.26. The first-order valence-electron chi connectivity index (χ1n) is 2.94. The van der Waals surface area contributed by atoms with Crippen molar-refractivity contribution in [3.63, 3.8) is 0 Å². The highest BCUT2D eigenvalue weighted by Gasteiger charge is 2.33. The third-order valence-corrected chi connectivity index (χ3v) is 2.31. The topological polar surface area (TPSA) is 60.2 Å². The van der Waals surface area contributed by atoms with Gasteiger partial charge in [-0.3, -0.25) is 0 Å². The molecular weight excluding hydrogens is 176 g/mol. The molecule has 0 unspecified atom stereocenters. The lowest BCUT2D eigenvalue weighted by atomic mass is 9.98. The Bertz CT molecular complexity index is 223. The Kier molecular flexibility index (Phi) is 2.96. The van der Waals surface area contributed by atoms with Crippen LogP contribution in [0.4, 0.5) is 8.78 Å². The lowest BCUT2D eigenvalue weighted by Crippen LogP contribution is -2.34. The predicted octanol–water partition coefficient (Wildman–Crippen LogP) is 0.566. The van der Waals surface area contributed by atoms with Crippen LogP contribution in [0.5, 0.6) is 0 Å². The molecule has 0 bridgehead atoms. The van der Waals surface area contributed by atoms with Crippen molar-refractivity contribution in [2.75, 3.05) is 5.75 Å². The van der Waals surface area contributed by atoms with Crippen molar-refractivity contribution in [2.45, 2.75) is 20.3 Å². The predicted molar refractivity (Wildman–Crippen MR) is 37.8 cm³/mol. The van der Waals surface area contributed by atoms with Crippen molar-refractivity contribution in [2.24, 2.45) is 10.6 Å². The van der Waals surface area contributed by atoms with E-state index in [9.17, 15) is 17.2 Å². The quantitative estimate of drug-likeness (QED) is 0.702. The largest absolute Gasteiger partial charge is 0.244 e. The van der Waals surface area contributed by atoms with Crippen LogP contribution in [0.25, 0.3) is 0 Å². The standard InChI is InChI=1S/C5H11F2NO2S/c1-5(2,4(6)7)3-11(8,9)10/h4H,3H2,1-2H3,(H2,8,9,10). The van der Waals surface area contributed by atoms with E-state index in [1.165, 1.54) is 0 Å². The summed E-state index contributed by atoms with van der Waals surface area (Å²) in [6.07, 6.45) is -2.68. The maximum atomic E-state index is 12.0. The molecule has 0 spiro atoms. The van der Waals surface area contributed by atoms with Crippen molar-refractivity contribution in [3.05, 3.63) is 0 Å². The van der Waals surface area contributed by atoms with Gasteiger partial charge in [-0.1, -0.05) is 13.8 Å². The molecule has 0 heterocycles. The number of nitrogens with two attached hydrogens (primary N) is 1. The second kappa shape index (κ2) is 3.02. The fourth-order valence-corrected chi connectivity index (χ4v) is 1.74. The van der Waals surface area contributed by atoms with Gasteiger partial charge in [-0.15, -0.1) is 0 Å². The van der Waals surface area contributed by atoms with E-state index in [4.69, 9.17) is 0 Å². The van der Waals surface area contributed by atoms with E-state index in [1.807, 2.05) is 0 Å². The average Bonchev–Trinajstić information content (AvgIpc) is 1.56. The van der Waals surface area contributed by atoms with Crippen LogP contribution in [0.2, 0.25) is 0 Å². The summed E-state index contributed by atoms with van der Waals surface area (Å²) >= 11 is 0. The highest BCUT2D eigenvalue weighted by Crippen LogP contribution is 2.25. The summed E-state index contributed by atoms with van der Waals surface area (Å²) in [5, 5.41) is 4.60. The van der Waals surface area contributed by atoms with Gasteiger partial charge in [0, 0.05) is 5.41 Å². The minimum atomic E-state index is -3.81. The number of sulfonamides is 1. The van der Waals surface area contributed by atoms with Gasteiger partial charge in [0.25, 0.3) is 0 Å². The van der Waals surface area contributed by atoms with Crippen LogP contribution >= 0.6 is 0 Å². The van der Waals surface area contributed by atoms with Crippen LogP contribution in [-0.2, 0) is 10.0 Å². The first kappa shape index (κ1) is 10.8. The van der Waals surface area contributed by atoms with E-state index in [0.29, 0.717) is 0 Å². The highest BCUT2D eigenvalue weighted by molar-refractivity contribution is 7.89. The second-order valence-corrected chi connectivity index (χ2v) is 4.71. The zero-order valence-electron chi connectivity index (χ0n) is 6.34. The van der Waals surface area contributed by atoms with Crippen LogP contribution in [0.15, 0.2) is 0 Å². The number of primary sulfonamides is 1. The summed E-state index contributed by atoms with van der Waals surface area (Å²) in [5.41, 5.74) is -1.56. The van der Waals surface area contributed by atoms with Gasteiger partial charge in [-0.05, 0) is 0 Å². The monoisotopic (exact) mass is 187 g/mol. The van der Waals surface area contributed by atoms with Crippen LogP contribution in [0, 0.1) is 5.41 Å². The molecule has 0 radical (unpaired) electrons. The summed E-state index contributed by atoms with van der Waals surface area (Å²) in [7, 11) is -3.81. The highest BCUT2D eigenvalue weighted by atomic mass is 32.2. The number of hydrogen-bond acceptors (Lipinski definition) is 2. The maximum absolute atomic E-state index is 12.0. The van der Waals surface area contributed by atoms with Gasteiger partial charge in [0.2, 0.25) is 16.4 Å².